The predicted octanol–water partition coefficient (Wildman–Crippen LogP) is 4.88. The Kier molecular flexibility index (Phi) is 4.49. The van der Waals surface area contributed by atoms with E-state index in [2.05, 4.69) is 37.2 Å². The van der Waals surface area contributed by atoms with Crippen molar-refractivity contribution in [3.05, 3.63) is 62.3 Å². The molecule has 0 spiro atoms. The summed E-state index contributed by atoms with van der Waals surface area (Å²) in [7, 11) is 0. The van der Waals surface area contributed by atoms with E-state index >= 15 is 0 Å². The molecule has 0 aliphatic heterocycles. The van der Waals surface area contributed by atoms with Crippen molar-refractivity contribution in [1.82, 2.24) is 0 Å². The van der Waals surface area contributed by atoms with Crippen LogP contribution in [0.25, 0.3) is 0 Å². The molecule has 0 bridgehead atoms. The lowest BCUT2D eigenvalue weighted by Crippen LogP contribution is -2.14. The van der Waals surface area contributed by atoms with Gasteiger partial charge in [-0.3, -0.25) is 4.79 Å². The summed E-state index contributed by atoms with van der Waals surface area (Å²) in [5.74, 6) is -4.12. The highest BCUT2D eigenvalue weighted by Crippen LogP contribution is 2.23. The summed E-state index contributed by atoms with van der Waals surface area (Å²) in [6, 6.07) is 5.67. The molecule has 2 aromatic rings. The third kappa shape index (κ3) is 3.40. The molecule has 0 unspecified atom stereocenters. The van der Waals surface area contributed by atoms with Gasteiger partial charge < -0.3 is 5.32 Å². The molecule has 2 rings (SSSR count). The van der Waals surface area contributed by atoms with E-state index in [0.29, 0.717) is 21.1 Å². The van der Waals surface area contributed by atoms with Crippen molar-refractivity contribution in [3.8, 4) is 0 Å². The van der Waals surface area contributed by atoms with Crippen LogP contribution in [-0.2, 0) is 0 Å². The summed E-state index contributed by atoms with van der Waals surface area (Å²) in [4.78, 5) is 11.9. The van der Waals surface area contributed by atoms with Crippen LogP contribution < -0.4 is 5.32 Å². The Bertz CT molecular complexity index is 648. The zero-order valence-corrected chi connectivity index (χ0v) is 12.9. The normalized spacial score (nSPS) is 10.4. The van der Waals surface area contributed by atoms with Gasteiger partial charge in [-0.25, -0.2) is 13.2 Å². The van der Waals surface area contributed by atoms with E-state index in [9.17, 15) is 18.0 Å². The Labute approximate surface area is 129 Å². The van der Waals surface area contributed by atoms with E-state index in [1.54, 1.807) is 6.07 Å². The number of benzene rings is 2. The fourth-order valence-corrected chi connectivity index (χ4v) is 2.83. The number of halogens is 5. The molecule has 7 heteroatoms. The van der Waals surface area contributed by atoms with E-state index in [1.807, 2.05) is 0 Å². The first-order valence-electron chi connectivity index (χ1n) is 5.29. The van der Waals surface area contributed by atoms with Gasteiger partial charge in [-0.05, 0) is 18.2 Å². The Hall–Kier alpha value is -1.34. The monoisotopic (exact) mass is 407 g/mol. The SMILES string of the molecule is O=C(Nc1c(F)cc(F)cc1F)c1cc(Br)cc(Br)c1. The largest absolute Gasteiger partial charge is 0.317 e. The van der Waals surface area contributed by atoms with E-state index in [-0.39, 0.29) is 5.56 Å². The van der Waals surface area contributed by atoms with Crippen LogP contribution in [0.4, 0.5) is 18.9 Å². The highest BCUT2D eigenvalue weighted by Gasteiger charge is 2.16. The van der Waals surface area contributed by atoms with Crippen LogP contribution in [0.5, 0.6) is 0 Å². The summed E-state index contributed by atoms with van der Waals surface area (Å²) >= 11 is 6.39. The Morgan fingerprint density at radius 1 is 0.900 bits per heavy atom. The average Bonchev–Trinajstić information content (AvgIpc) is 2.32. The average molecular weight is 409 g/mol. The fraction of sp³-hybridized carbons (Fsp3) is 0. The smallest absolute Gasteiger partial charge is 0.255 e. The van der Waals surface area contributed by atoms with Crippen molar-refractivity contribution >= 4 is 43.5 Å². The maximum Gasteiger partial charge on any atom is 0.255 e. The van der Waals surface area contributed by atoms with Crippen LogP contribution >= 0.6 is 31.9 Å². The number of carbonyl (C=O) groups excluding carboxylic acids is 1. The summed E-state index contributed by atoms with van der Waals surface area (Å²) in [6.45, 7) is 0. The molecule has 0 atom stereocenters. The lowest BCUT2D eigenvalue weighted by atomic mass is 10.2. The zero-order chi connectivity index (χ0) is 14.9. The molecule has 0 heterocycles. The van der Waals surface area contributed by atoms with Crippen molar-refractivity contribution in [2.24, 2.45) is 0 Å². The van der Waals surface area contributed by atoms with E-state index in [4.69, 9.17) is 0 Å². The molecule has 0 fully saturated rings. The second-order valence-corrected chi connectivity index (χ2v) is 5.69. The number of rotatable bonds is 2. The number of nitrogens with one attached hydrogen (secondary N) is 1. The van der Waals surface area contributed by atoms with Crippen molar-refractivity contribution in [3.63, 3.8) is 0 Å². The summed E-state index contributed by atoms with van der Waals surface area (Å²) < 4.78 is 40.9. The van der Waals surface area contributed by atoms with Crippen molar-refractivity contribution < 1.29 is 18.0 Å². The third-order valence-corrected chi connectivity index (χ3v) is 3.29. The molecule has 1 amide bonds. The van der Waals surface area contributed by atoms with Crippen molar-refractivity contribution in [1.29, 1.82) is 0 Å². The van der Waals surface area contributed by atoms with Gasteiger partial charge in [0.2, 0.25) is 0 Å². The number of hydrogen-bond acceptors (Lipinski definition) is 1. The zero-order valence-electron chi connectivity index (χ0n) is 9.68. The number of anilines is 1. The molecule has 0 radical (unpaired) electrons. The molecule has 20 heavy (non-hydrogen) atoms. The van der Waals surface area contributed by atoms with Gasteiger partial charge in [-0.1, -0.05) is 31.9 Å². The second kappa shape index (κ2) is 5.97. The molecule has 0 aliphatic rings. The third-order valence-electron chi connectivity index (χ3n) is 2.37. The lowest BCUT2D eigenvalue weighted by Gasteiger charge is -2.08. The van der Waals surface area contributed by atoms with E-state index < -0.39 is 29.0 Å². The van der Waals surface area contributed by atoms with E-state index in [1.165, 1.54) is 12.1 Å². The van der Waals surface area contributed by atoms with Gasteiger partial charge in [0.1, 0.15) is 11.5 Å². The summed E-state index contributed by atoms with van der Waals surface area (Å²) in [5, 5.41) is 2.08. The number of amides is 1. The molecule has 1 N–H and O–H groups in total. The Morgan fingerprint density at radius 2 is 1.40 bits per heavy atom. The van der Waals surface area contributed by atoms with Crippen LogP contribution in [-0.4, -0.2) is 5.91 Å². The molecule has 0 aliphatic carbocycles. The standard InChI is InChI=1S/C13H6Br2F3NO/c14-7-1-6(2-8(15)3-7)13(20)19-12-10(17)4-9(16)5-11(12)18/h1-5H,(H,19,20). The van der Waals surface area contributed by atoms with Crippen LogP contribution in [0.2, 0.25) is 0 Å². The van der Waals surface area contributed by atoms with Crippen LogP contribution in [0.15, 0.2) is 39.3 Å². The highest BCUT2D eigenvalue weighted by atomic mass is 79.9. The summed E-state index contributed by atoms with van der Waals surface area (Å²) in [6.07, 6.45) is 0. The second-order valence-electron chi connectivity index (χ2n) is 3.86. The Morgan fingerprint density at radius 3 is 1.90 bits per heavy atom. The molecular weight excluding hydrogens is 403 g/mol. The molecule has 0 saturated heterocycles. The first kappa shape index (κ1) is 15.1. The first-order chi connectivity index (χ1) is 9.36. The number of hydrogen-bond donors (Lipinski definition) is 1. The van der Waals surface area contributed by atoms with Crippen LogP contribution in [0, 0.1) is 17.5 Å². The van der Waals surface area contributed by atoms with Crippen LogP contribution in [0.1, 0.15) is 10.4 Å². The minimum absolute atomic E-state index is 0.189. The highest BCUT2D eigenvalue weighted by molar-refractivity contribution is 9.11. The topological polar surface area (TPSA) is 29.1 Å². The van der Waals surface area contributed by atoms with Crippen LogP contribution in [0.3, 0.4) is 0 Å². The molecule has 2 nitrogen and oxygen atoms in total. The minimum Gasteiger partial charge on any atom is -0.317 e. The first-order valence-corrected chi connectivity index (χ1v) is 6.87. The van der Waals surface area contributed by atoms with E-state index in [0.717, 1.165) is 0 Å². The van der Waals surface area contributed by atoms with Gasteiger partial charge in [0.15, 0.2) is 11.6 Å². The quantitative estimate of drug-likeness (QED) is 0.753. The maximum absolute atomic E-state index is 13.4. The van der Waals surface area contributed by atoms with Gasteiger partial charge >= 0.3 is 0 Å². The van der Waals surface area contributed by atoms with Gasteiger partial charge in [0.05, 0.1) is 0 Å². The molecule has 0 aromatic heterocycles. The Balaban J connectivity index is 2.32. The maximum atomic E-state index is 13.4. The minimum atomic E-state index is -1.18. The van der Waals surface area contributed by atoms with Crippen molar-refractivity contribution in [2.45, 2.75) is 0 Å². The predicted molar refractivity (Wildman–Crippen MR) is 76.1 cm³/mol. The lowest BCUT2D eigenvalue weighted by molar-refractivity contribution is 0.102. The van der Waals surface area contributed by atoms with Gasteiger partial charge in [-0.2, -0.15) is 0 Å². The molecule has 2 aromatic carbocycles. The fourth-order valence-electron chi connectivity index (χ4n) is 1.53. The van der Waals surface area contributed by atoms with Gasteiger partial charge in [0.25, 0.3) is 5.91 Å². The van der Waals surface area contributed by atoms with Crippen molar-refractivity contribution in [2.75, 3.05) is 5.32 Å². The molecule has 0 saturated carbocycles. The molecule has 104 valence electrons. The molecular formula is C13H6Br2F3NO. The van der Waals surface area contributed by atoms with Gasteiger partial charge in [-0.15, -0.1) is 0 Å². The number of carbonyl (C=O) groups is 1. The summed E-state index contributed by atoms with van der Waals surface area (Å²) in [5.41, 5.74) is -0.498. The van der Waals surface area contributed by atoms with Gasteiger partial charge in [0, 0.05) is 26.6 Å².